The molecule has 0 aromatic carbocycles. The number of carbonyl (C=O) groups excluding carboxylic acids is 2. The van der Waals surface area contributed by atoms with Crippen LogP contribution in [0.2, 0.25) is 0 Å². The topological polar surface area (TPSA) is 52.6 Å². The van der Waals surface area contributed by atoms with Crippen molar-refractivity contribution < 1.29 is 76.1 Å². The van der Waals surface area contributed by atoms with Crippen LogP contribution in [0.25, 0.3) is 0 Å². The lowest BCUT2D eigenvalue weighted by Crippen LogP contribution is -2.70. The minimum atomic E-state index is -8.00. The van der Waals surface area contributed by atoms with Gasteiger partial charge in [-0.25, -0.2) is 0 Å². The first-order valence-electron chi connectivity index (χ1n) is 11.6. The number of fused-ring (bicyclic) bond motifs is 2. The van der Waals surface area contributed by atoms with Gasteiger partial charge in [0.1, 0.15) is 0 Å². The van der Waals surface area contributed by atoms with Crippen molar-refractivity contribution in [2.45, 2.75) is 74.8 Å². The summed E-state index contributed by atoms with van der Waals surface area (Å²) in [5, 5.41) is 0. The highest BCUT2D eigenvalue weighted by Crippen LogP contribution is 2.60. The van der Waals surface area contributed by atoms with Crippen LogP contribution in [0.5, 0.6) is 0 Å². The number of esters is 2. The van der Waals surface area contributed by atoms with Crippen LogP contribution in [-0.4, -0.2) is 60.9 Å². The van der Waals surface area contributed by atoms with Crippen LogP contribution in [-0.2, 0) is 19.1 Å². The van der Waals surface area contributed by atoms with Gasteiger partial charge in [-0.3, -0.25) is 9.59 Å². The van der Waals surface area contributed by atoms with E-state index < -0.39 is 84.4 Å². The van der Waals surface area contributed by atoms with Gasteiger partial charge in [-0.05, 0) is 24.7 Å². The molecule has 39 heavy (non-hydrogen) atoms. The van der Waals surface area contributed by atoms with E-state index in [-0.39, 0.29) is 13.0 Å². The average Bonchev–Trinajstić information content (AvgIpc) is 3.42. The molecule has 4 atom stereocenters. The zero-order valence-electron chi connectivity index (χ0n) is 20.0. The predicted octanol–water partition coefficient (Wildman–Crippen LogP) is 6.83. The Kier molecular flexibility index (Phi) is 9.28. The van der Waals surface area contributed by atoms with Crippen molar-refractivity contribution >= 4 is 11.9 Å². The van der Waals surface area contributed by atoms with Crippen molar-refractivity contribution in [2.75, 3.05) is 13.2 Å². The van der Waals surface area contributed by atoms with Crippen molar-refractivity contribution in [3.63, 3.8) is 0 Å². The molecule has 0 heterocycles. The molecule has 0 aromatic heterocycles. The number of carbonyl (C=O) groups is 2. The maximum absolute atomic E-state index is 13.9. The Bertz CT molecular complexity index is 929. The van der Waals surface area contributed by atoms with Gasteiger partial charge >= 0.3 is 47.7 Å². The van der Waals surface area contributed by atoms with E-state index >= 15 is 0 Å². The fourth-order valence-corrected chi connectivity index (χ4v) is 4.42. The molecule has 0 N–H and O–H groups in total. The Hall–Kier alpha value is -2.23. The van der Waals surface area contributed by atoms with E-state index in [1.54, 1.807) is 6.08 Å². The summed E-state index contributed by atoms with van der Waals surface area (Å²) >= 11 is 0. The molecular weight excluding hydrogens is 575 g/mol. The van der Waals surface area contributed by atoms with Gasteiger partial charge in [0.05, 0.1) is 31.5 Å². The highest BCUT2D eigenvalue weighted by atomic mass is 19.4. The number of rotatable bonds is 13. The monoisotopic (exact) mass is 598 g/mol. The Morgan fingerprint density at radius 2 is 1.10 bits per heavy atom. The van der Waals surface area contributed by atoms with Crippen molar-refractivity contribution in [3.05, 3.63) is 12.2 Å². The molecule has 2 bridgehead atoms. The predicted molar refractivity (Wildman–Crippen MR) is 105 cm³/mol. The largest absolute Gasteiger partial charge is 0.465 e. The number of halogens is 13. The van der Waals surface area contributed by atoms with Gasteiger partial charge in [-0.2, -0.15) is 57.1 Å². The smallest absolute Gasteiger partial charge is 0.460 e. The highest BCUT2D eigenvalue weighted by molar-refractivity contribution is 5.84. The van der Waals surface area contributed by atoms with Crippen molar-refractivity contribution in [3.8, 4) is 0 Å². The van der Waals surface area contributed by atoms with E-state index in [0.717, 1.165) is 6.42 Å². The van der Waals surface area contributed by atoms with Crippen LogP contribution in [0.4, 0.5) is 57.1 Å². The molecule has 0 aliphatic heterocycles. The summed E-state index contributed by atoms with van der Waals surface area (Å²) in [6.07, 6.45) is -4.84. The van der Waals surface area contributed by atoms with Crippen LogP contribution in [0, 0.1) is 23.7 Å². The number of allylic oxidation sites excluding steroid dienone is 2. The molecule has 0 radical (unpaired) electrons. The van der Waals surface area contributed by atoms with Gasteiger partial charge in [0.15, 0.2) is 0 Å². The SMILES string of the molecule is CCCCCOC(=O)C1C2C=CC(C2)C1C(=O)OCCC(F)(F)C(F)(F)C(F)(F)C(F)(F)C(F)(F)C(F)(F)F. The maximum Gasteiger partial charge on any atom is 0.460 e. The first kappa shape index (κ1) is 33.0. The second-order valence-corrected chi connectivity index (χ2v) is 9.29. The number of ether oxygens (including phenoxy) is 2. The van der Waals surface area contributed by atoms with E-state index in [1.807, 2.05) is 6.92 Å². The van der Waals surface area contributed by atoms with E-state index in [9.17, 15) is 66.7 Å². The summed E-state index contributed by atoms with van der Waals surface area (Å²) in [6, 6.07) is 0. The molecule has 1 fully saturated rings. The Morgan fingerprint density at radius 1 is 0.667 bits per heavy atom. The molecule has 0 saturated heterocycles. The molecule has 226 valence electrons. The normalized spacial score (nSPS) is 24.3. The van der Waals surface area contributed by atoms with Crippen LogP contribution in [0.15, 0.2) is 12.2 Å². The lowest BCUT2D eigenvalue weighted by molar-refractivity contribution is -0.440. The second-order valence-electron chi connectivity index (χ2n) is 9.29. The van der Waals surface area contributed by atoms with Crippen molar-refractivity contribution in [1.82, 2.24) is 0 Å². The van der Waals surface area contributed by atoms with Gasteiger partial charge in [0.25, 0.3) is 0 Å². The summed E-state index contributed by atoms with van der Waals surface area (Å²) in [4.78, 5) is 24.9. The van der Waals surface area contributed by atoms with Gasteiger partial charge in [0.2, 0.25) is 0 Å². The zero-order chi connectivity index (χ0) is 30.2. The van der Waals surface area contributed by atoms with Crippen molar-refractivity contribution in [2.24, 2.45) is 23.7 Å². The lowest BCUT2D eigenvalue weighted by Gasteiger charge is -2.39. The molecule has 0 amide bonds. The van der Waals surface area contributed by atoms with Gasteiger partial charge < -0.3 is 9.47 Å². The second kappa shape index (κ2) is 11.0. The fourth-order valence-electron chi connectivity index (χ4n) is 4.42. The summed E-state index contributed by atoms with van der Waals surface area (Å²) in [5.74, 6) is -43.5. The van der Waals surface area contributed by atoms with E-state index in [0.29, 0.717) is 12.8 Å². The number of unbranched alkanes of at least 4 members (excludes halogenated alkanes) is 2. The van der Waals surface area contributed by atoms with Crippen LogP contribution < -0.4 is 0 Å². The Labute approximate surface area is 212 Å². The fraction of sp³-hybridized carbons (Fsp3) is 0.818. The molecule has 2 aliphatic carbocycles. The van der Waals surface area contributed by atoms with Crippen molar-refractivity contribution in [1.29, 1.82) is 0 Å². The molecule has 0 aromatic rings. The summed E-state index contributed by atoms with van der Waals surface area (Å²) in [5.41, 5.74) is 0. The molecule has 1 saturated carbocycles. The van der Waals surface area contributed by atoms with E-state index in [2.05, 4.69) is 4.74 Å². The highest BCUT2D eigenvalue weighted by Gasteiger charge is 2.90. The Morgan fingerprint density at radius 3 is 1.54 bits per heavy atom. The maximum atomic E-state index is 13.9. The summed E-state index contributed by atoms with van der Waals surface area (Å²) in [7, 11) is 0. The summed E-state index contributed by atoms with van der Waals surface area (Å²) < 4.78 is 181. The van der Waals surface area contributed by atoms with Gasteiger partial charge in [-0.15, -0.1) is 0 Å². The first-order chi connectivity index (χ1) is 17.6. The van der Waals surface area contributed by atoms with Gasteiger partial charge in [0, 0.05) is 0 Å². The molecule has 2 aliphatic rings. The first-order valence-corrected chi connectivity index (χ1v) is 11.6. The molecule has 4 unspecified atom stereocenters. The molecular formula is C22H23F13O4. The average molecular weight is 598 g/mol. The molecule has 2 rings (SSSR count). The van der Waals surface area contributed by atoms with E-state index in [1.165, 1.54) is 6.08 Å². The van der Waals surface area contributed by atoms with Crippen LogP contribution >= 0.6 is 0 Å². The minimum absolute atomic E-state index is 0.000420. The number of alkyl halides is 13. The Balaban J connectivity index is 2.11. The third-order valence-corrected chi connectivity index (χ3v) is 6.65. The van der Waals surface area contributed by atoms with Crippen LogP contribution in [0.1, 0.15) is 39.0 Å². The summed E-state index contributed by atoms with van der Waals surface area (Å²) in [6.45, 7) is 0.0205. The molecule has 0 spiro atoms. The zero-order valence-corrected chi connectivity index (χ0v) is 20.0. The molecule has 4 nitrogen and oxygen atoms in total. The standard InChI is InChI=1S/C22H23F13O4/c1-2-3-4-8-38-15(36)13-11-5-6-12(10-11)14(13)16(37)39-9-7-17(23,24)18(25,26)19(27,28)20(29,30)21(31,32)22(33,34)35/h5-6,11-14H,2-4,7-10H2,1H3. The number of hydrogen-bond acceptors (Lipinski definition) is 4. The van der Waals surface area contributed by atoms with Crippen LogP contribution in [0.3, 0.4) is 0 Å². The quantitative estimate of drug-likeness (QED) is 0.101. The van der Waals surface area contributed by atoms with E-state index in [4.69, 9.17) is 4.74 Å². The molecule has 17 heteroatoms. The third-order valence-electron chi connectivity index (χ3n) is 6.65. The lowest BCUT2D eigenvalue weighted by atomic mass is 9.83. The minimum Gasteiger partial charge on any atom is -0.465 e. The van der Waals surface area contributed by atoms with Gasteiger partial charge in [-0.1, -0.05) is 31.9 Å². The third kappa shape index (κ3) is 5.68. The number of hydrogen-bond donors (Lipinski definition) is 0.